The van der Waals surface area contributed by atoms with Gasteiger partial charge in [0.15, 0.2) is 5.16 Å². The number of benzene rings is 1. The van der Waals surface area contributed by atoms with Crippen LogP contribution in [0.3, 0.4) is 0 Å². The largest absolute Gasteiger partial charge is 0.481 e. The van der Waals surface area contributed by atoms with Crippen LogP contribution in [0.15, 0.2) is 29.4 Å². The van der Waals surface area contributed by atoms with E-state index in [0.717, 1.165) is 23.1 Å². The predicted octanol–water partition coefficient (Wildman–Crippen LogP) is 2.70. The smallest absolute Gasteiger partial charge is 0.304 e. The lowest BCUT2D eigenvalue weighted by molar-refractivity contribution is -0.136. The van der Waals surface area contributed by atoms with Gasteiger partial charge in [-0.05, 0) is 31.0 Å². The fourth-order valence-corrected chi connectivity index (χ4v) is 2.77. The number of thioether (sulfide) groups is 1. The first-order valence-corrected chi connectivity index (χ1v) is 7.46. The van der Waals surface area contributed by atoms with Crippen LogP contribution in [0.2, 0.25) is 0 Å². The fourth-order valence-electron chi connectivity index (χ4n) is 1.84. The van der Waals surface area contributed by atoms with Crippen molar-refractivity contribution in [3.05, 3.63) is 35.7 Å². The molecule has 0 aliphatic carbocycles. The molecule has 1 aromatic heterocycles. The van der Waals surface area contributed by atoms with E-state index in [0.29, 0.717) is 5.75 Å². The summed E-state index contributed by atoms with van der Waals surface area (Å²) < 4.78 is 1.95. The number of aromatic nitrogens is 3. The molecule has 2 rings (SSSR count). The van der Waals surface area contributed by atoms with Gasteiger partial charge in [-0.3, -0.25) is 9.36 Å². The summed E-state index contributed by atoms with van der Waals surface area (Å²) in [6.07, 6.45) is 1.12. The third kappa shape index (κ3) is 3.39. The minimum atomic E-state index is -0.799. The van der Waals surface area contributed by atoms with Crippen molar-refractivity contribution in [1.29, 1.82) is 0 Å². The van der Waals surface area contributed by atoms with Gasteiger partial charge in [-0.2, -0.15) is 0 Å². The van der Waals surface area contributed by atoms with Gasteiger partial charge in [0.25, 0.3) is 0 Å². The molecule has 0 saturated carbocycles. The second kappa shape index (κ2) is 6.56. The number of carbonyl (C=O) groups is 1. The molecular formula is C14H17N3O2S. The van der Waals surface area contributed by atoms with Gasteiger partial charge in [-0.25, -0.2) is 0 Å². The molecule has 0 aliphatic rings. The molecule has 0 spiro atoms. The third-order valence-corrected chi connectivity index (χ3v) is 3.88. The topological polar surface area (TPSA) is 68.0 Å². The molecule has 0 fully saturated rings. The molecule has 20 heavy (non-hydrogen) atoms. The van der Waals surface area contributed by atoms with Crippen molar-refractivity contribution in [2.45, 2.75) is 31.8 Å². The molecule has 0 bridgehead atoms. The molecule has 0 unspecified atom stereocenters. The first-order valence-electron chi connectivity index (χ1n) is 6.47. The van der Waals surface area contributed by atoms with Crippen molar-refractivity contribution in [3.8, 4) is 5.69 Å². The maximum Gasteiger partial charge on any atom is 0.304 e. The summed E-state index contributed by atoms with van der Waals surface area (Å²) in [5.41, 5.74) is 2.28. The molecule has 106 valence electrons. The van der Waals surface area contributed by atoms with E-state index >= 15 is 0 Å². The number of carboxylic acids is 1. The summed E-state index contributed by atoms with van der Waals surface area (Å²) >= 11 is 1.41. The van der Waals surface area contributed by atoms with E-state index in [1.54, 1.807) is 0 Å². The summed E-state index contributed by atoms with van der Waals surface area (Å²) in [6.45, 7) is 4.01. The minimum Gasteiger partial charge on any atom is -0.481 e. The van der Waals surface area contributed by atoms with E-state index in [9.17, 15) is 4.79 Å². The molecule has 5 nitrogen and oxygen atoms in total. The van der Waals surface area contributed by atoms with Crippen molar-refractivity contribution in [2.24, 2.45) is 0 Å². The Balaban J connectivity index is 2.21. The van der Waals surface area contributed by atoms with Crippen LogP contribution >= 0.6 is 11.8 Å². The highest BCUT2D eigenvalue weighted by atomic mass is 32.2. The van der Waals surface area contributed by atoms with Gasteiger partial charge in [0.2, 0.25) is 0 Å². The lowest BCUT2D eigenvalue weighted by Gasteiger charge is -2.08. The van der Waals surface area contributed by atoms with Crippen LogP contribution < -0.4 is 0 Å². The van der Waals surface area contributed by atoms with Gasteiger partial charge in [0.05, 0.1) is 6.42 Å². The standard InChI is InChI=1S/C14H17N3O2S/c1-3-11-4-6-12(7-5-11)17-10(2)15-16-14(17)20-9-8-13(18)19/h4-7H,3,8-9H2,1-2H3,(H,18,19). The number of rotatable bonds is 6. The average molecular weight is 291 g/mol. The Labute approximate surface area is 122 Å². The van der Waals surface area contributed by atoms with E-state index < -0.39 is 5.97 Å². The van der Waals surface area contributed by atoms with Crippen LogP contribution in [0.4, 0.5) is 0 Å². The van der Waals surface area contributed by atoms with Gasteiger partial charge in [0.1, 0.15) is 5.82 Å². The lowest BCUT2D eigenvalue weighted by Crippen LogP contribution is -2.01. The number of hydrogen-bond donors (Lipinski definition) is 1. The molecule has 0 atom stereocenters. The van der Waals surface area contributed by atoms with Crippen molar-refractivity contribution < 1.29 is 9.90 Å². The Hall–Kier alpha value is -1.82. The van der Waals surface area contributed by atoms with E-state index in [-0.39, 0.29) is 6.42 Å². The lowest BCUT2D eigenvalue weighted by atomic mass is 10.1. The minimum absolute atomic E-state index is 0.116. The van der Waals surface area contributed by atoms with Crippen LogP contribution in [0.1, 0.15) is 24.7 Å². The number of aryl methyl sites for hydroxylation is 2. The van der Waals surface area contributed by atoms with Gasteiger partial charge < -0.3 is 5.11 Å². The molecule has 1 N–H and O–H groups in total. The number of nitrogens with zero attached hydrogens (tertiary/aromatic N) is 3. The predicted molar refractivity (Wildman–Crippen MR) is 78.5 cm³/mol. The highest BCUT2D eigenvalue weighted by Crippen LogP contribution is 2.22. The zero-order valence-corrected chi connectivity index (χ0v) is 12.4. The molecule has 0 saturated heterocycles. The molecule has 0 amide bonds. The second-order valence-corrected chi connectivity index (χ2v) is 5.44. The van der Waals surface area contributed by atoms with Crippen molar-refractivity contribution >= 4 is 17.7 Å². The van der Waals surface area contributed by atoms with Crippen molar-refractivity contribution in [3.63, 3.8) is 0 Å². The SMILES string of the molecule is CCc1ccc(-n2c(C)nnc2SCCC(=O)O)cc1. The Kier molecular flexibility index (Phi) is 4.79. The Morgan fingerprint density at radius 3 is 2.60 bits per heavy atom. The van der Waals surface area contributed by atoms with Crippen LogP contribution in [0, 0.1) is 6.92 Å². The van der Waals surface area contributed by atoms with Crippen LogP contribution in [-0.4, -0.2) is 31.6 Å². The van der Waals surface area contributed by atoms with E-state index in [1.807, 2.05) is 23.6 Å². The number of carboxylic acid groups (broad SMARTS) is 1. The van der Waals surface area contributed by atoms with Crippen LogP contribution in [0.5, 0.6) is 0 Å². The summed E-state index contributed by atoms with van der Waals surface area (Å²) in [4.78, 5) is 10.6. The molecule has 1 heterocycles. The normalized spacial score (nSPS) is 10.7. The average Bonchev–Trinajstić information content (AvgIpc) is 2.80. The van der Waals surface area contributed by atoms with E-state index in [2.05, 4.69) is 29.3 Å². The first-order chi connectivity index (χ1) is 9.61. The van der Waals surface area contributed by atoms with Crippen molar-refractivity contribution in [1.82, 2.24) is 14.8 Å². The second-order valence-electron chi connectivity index (χ2n) is 4.38. The molecule has 2 aromatic rings. The Bertz CT molecular complexity index is 593. The zero-order chi connectivity index (χ0) is 14.5. The molecule has 0 aliphatic heterocycles. The zero-order valence-electron chi connectivity index (χ0n) is 11.5. The van der Waals surface area contributed by atoms with E-state index in [4.69, 9.17) is 5.11 Å². The molecular weight excluding hydrogens is 274 g/mol. The maximum atomic E-state index is 10.6. The summed E-state index contributed by atoms with van der Waals surface area (Å²) in [5, 5.41) is 17.6. The van der Waals surface area contributed by atoms with Gasteiger partial charge in [-0.15, -0.1) is 10.2 Å². The molecule has 0 radical (unpaired) electrons. The van der Waals surface area contributed by atoms with Crippen LogP contribution in [-0.2, 0) is 11.2 Å². The quantitative estimate of drug-likeness (QED) is 0.829. The fraction of sp³-hybridized carbons (Fsp3) is 0.357. The summed E-state index contributed by atoms with van der Waals surface area (Å²) in [6, 6.07) is 8.24. The van der Waals surface area contributed by atoms with Gasteiger partial charge >= 0.3 is 5.97 Å². The Morgan fingerprint density at radius 1 is 1.30 bits per heavy atom. The van der Waals surface area contributed by atoms with Gasteiger partial charge in [-0.1, -0.05) is 30.8 Å². The highest BCUT2D eigenvalue weighted by Gasteiger charge is 2.11. The Morgan fingerprint density at radius 2 is 2.00 bits per heavy atom. The number of hydrogen-bond acceptors (Lipinski definition) is 4. The van der Waals surface area contributed by atoms with Crippen molar-refractivity contribution in [2.75, 3.05) is 5.75 Å². The summed E-state index contributed by atoms with van der Waals surface area (Å²) in [5.74, 6) is 0.486. The molecule has 6 heteroatoms. The summed E-state index contributed by atoms with van der Waals surface area (Å²) in [7, 11) is 0. The van der Waals surface area contributed by atoms with Crippen LogP contribution in [0.25, 0.3) is 5.69 Å². The van der Waals surface area contributed by atoms with E-state index in [1.165, 1.54) is 17.3 Å². The highest BCUT2D eigenvalue weighted by molar-refractivity contribution is 7.99. The maximum absolute atomic E-state index is 10.6. The third-order valence-electron chi connectivity index (χ3n) is 2.95. The molecule has 1 aromatic carbocycles. The monoisotopic (exact) mass is 291 g/mol. The van der Waals surface area contributed by atoms with Gasteiger partial charge in [0, 0.05) is 11.4 Å². The first kappa shape index (κ1) is 14.6. The number of aliphatic carboxylic acids is 1.